The second-order valence-corrected chi connectivity index (χ2v) is 11.3. The Labute approximate surface area is 261 Å². The Hall–Kier alpha value is -4.05. The number of nitrogens with zero attached hydrogens (tertiary/aromatic N) is 2. The average Bonchev–Trinajstić information content (AvgIpc) is 3.10. The van der Waals surface area contributed by atoms with Crippen molar-refractivity contribution < 1.29 is 28.6 Å². The van der Waals surface area contributed by atoms with Gasteiger partial charge >= 0.3 is 11.9 Å². The molecule has 0 saturated carbocycles. The molecule has 0 saturated heterocycles. The van der Waals surface area contributed by atoms with Crippen LogP contribution in [0.15, 0.2) is 89.8 Å². The number of ether oxygens (including phenoxy) is 3. The van der Waals surface area contributed by atoms with E-state index in [2.05, 4.69) is 0 Å². The molecular formula is C33H33ClN2O6S. The lowest BCUT2D eigenvalue weighted by molar-refractivity contribution is -0.132. The third-order valence-corrected chi connectivity index (χ3v) is 8.43. The van der Waals surface area contributed by atoms with Gasteiger partial charge in [-0.15, -0.1) is 24.2 Å². The van der Waals surface area contributed by atoms with Gasteiger partial charge < -0.3 is 24.0 Å². The molecule has 0 fully saturated rings. The quantitative estimate of drug-likeness (QED) is 0.171. The minimum Gasteiger partial charge on any atom is -0.497 e. The Morgan fingerprint density at radius 3 is 2.33 bits per heavy atom. The fraction of sp³-hybridized carbons (Fsp3) is 0.242. The van der Waals surface area contributed by atoms with E-state index in [1.54, 1.807) is 24.1 Å². The number of halogens is 1. The van der Waals surface area contributed by atoms with Crippen LogP contribution in [0.3, 0.4) is 0 Å². The third kappa shape index (κ3) is 6.96. The van der Waals surface area contributed by atoms with Crippen molar-refractivity contribution in [2.45, 2.75) is 23.2 Å². The smallest absolute Gasteiger partial charge is 0.342 e. The molecule has 5 rings (SSSR count). The van der Waals surface area contributed by atoms with Gasteiger partial charge in [0.05, 0.1) is 18.0 Å². The zero-order valence-corrected chi connectivity index (χ0v) is 25.9. The average molecular weight is 621 g/mol. The van der Waals surface area contributed by atoms with Crippen molar-refractivity contribution in [3.63, 3.8) is 0 Å². The minimum absolute atomic E-state index is 0. The summed E-state index contributed by atoms with van der Waals surface area (Å²) < 4.78 is 16.7. The number of carbonyl (C=O) groups is 3. The third-order valence-electron chi connectivity index (χ3n) is 6.99. The predicted octanol–water partition coefficient (Wildman–Crippen LogP) is 6.16. The molecule has 224 valence electrons. The molecule has 1 heterocycles. The van der Waals surface area contributed by atoms with Gasteiger partial charge in [-0.3, -0.25) is 9.59 Å². The molecule has 2 atom stereocenters. The van der Waals surface area contributed by atoms with Crippen LogP contribution in [0.2, 0.25) is 0 Å². The van der Waals surface area contributed by atoms with E-state index in [9.17, 15) is 14.4 Å². The van der Waals surface area contributed by atoms with Gasteiger partial charge in [0, 0.05) is 24.9 Å². The van der Waals surface area contributed by atoms with E-state index in [1.807, 2.05) is 79.7 Å². The van der Waals surface area contributed by atoms with Crippen LogP contribution in [0.4, 0.5) is 5.69 Å². The number of likely N-dealkylation sites (N-methyl/N-ethyl adjacent to an activating group) is 1. The number of amides is 1. The summed E-state index contributed by atoms with van der Waals surface area (Å²) in [6.45, 7) is 2.26. The van der Waals surface area contributed by atoms with Crippen LogP contribution >= 0.6 is 24.2 Å². The number of fused-ring (bicyclic) bond motifs is 3. The first-order valence-electron chi connectivity index (χ1n) is 13.5. The van der Waals surface area contributed by atoms with E-state index >= 15 is 0 Å². The van der Waals surface area contributed by atoms with Crippen LogP contribution < -0.4 is 14.4 Å². The Morgan fingerprint density at radius 2 is 1.63 bits per heavy atom. The maximum atomic E-state index is 14.5. The molecule has 0 N–H and O–H groups in total. The van der Waals surface area contributed by atoms with E-state index in [0.29, 0.717) is 18.8 Å². The normalized spacial score (nSPS) is 16.2. The number of rotatable bonds is 8. The Kier molecular flexibility index (Phi) is 10.3. The zero-order chi connectivity index (χ0) is 29.8. The molecule has 0 aliphatic carbocycles. The lowest BCUT2D eigenvalue weighted by Gasteiger charge is -2.29. The van der Waals surface area contributed by atoms with Crippen molar-refractivity contribution in [1.29, 1.82) is 0 Å². The van der Waals surface area contributed by atoms with Crippen molar-refractivity contribution in [3.05, 3.63) is 96.1 Å². The van der Waals surface area contributed by atoms with Crippen molar-refractivity contribution in [3.8, 4) is 11.5 Å². The molecule has 0 spiro atoms. The van der Waals surface area contributed by atoms with Gasteiger partial charge in [-0.05, 0) is 60.8 Å². The van der Waals surface area contributed by atoms with Gasteiger partial charge in [-0.2, -0.15) is 0 Å². The van der Waals surface area contributed by atoms with Crippen LogP contribution in [0.25, 0.3) is 10.8 Å². The summed E-state index contributed by atoms with van der Waals surface area (Å²) in [7, 11) is 5.49. The van der Waals surface area contributed by atoms with E-state index in [1.165, 1.54) is 30.8 Å². The minimum atomic E-state index is -1.19. The SMILES string of the molecule is COc1ccc([C@@H]2Sc3c(ccc4ccccc34)N(CCN(C)C)C(=O)[C@@H]2OC(=O)c2ccccc2OC(C)=O)cc1.Cl. The summed E-state index contributed by atoms with van der Waals surface area (Å²) in [4.78, 5) is 44.6. The molecule has 0 aromatic heterocycles. The van der Waals surface area contributed by atoms with Crippen molar-refractivity contribution in [2.75, 3.05) is 39.2 Å². The summed E-state index contributed by atoms with van der Waals surface area (Å²) in [6, 6.07) is 25.8. The van der Waals surface area contributed by atoms with E-state index < -0.39 is 23.3 Å². The Morgan fingerprint density at radius 1 is 0.930 bits per heavy atom. The molecule has 10 heteroatoms. The van der Waals surface area contributed by atoms with Gasteiger partial charge in [-0.1, -0.05) is 54.6 Å². The first-order chi connectivity index (χ1) is 20.3. The Bertz CT molecular complexity index is 1630. The van der Waals surface area contributed by atoms with Crippen LogP contribution in [0.5, 0.6) is 11.5 Å². The molecule has 0 bridgehead atoms. The predicted molar refractivity (Wildman–Crippen MR) is 171 cm³/mol. The summed E-state index contributed by atoms with van der Waals surface area (Å²) >= 11 is 1.50. The molecule has 1 aliphatic rings. The van der Waals surface area contributed by atoms with Gasteiger partial charge in [0.1, 0.15) is 17.1 Å². The van der Waals surface area contributed by atoms with Gasteiger partial charge in [0.25, 0.3) is 5.91 Å². The number of benzene rings is 4. The maximum absolute atomic E-state index is 14.5. The second kappa shape index (κ2) is 13.9. The van der Waals surface area contributed by atoms with Crippen LogP contribution in [0.1, 0.15) is 28.1 Å². The summed E-state index contributed by atoms with van der Waals surface area (Å²) in [5.41, 5.74) is 1.63. The highest BCUT2D eigenvalue weighted by Crippen LogP contribution is 2.50. The number of hydrogen-bond donors (Lipinski definition) is 0. The zero-order valence-electron chi connectivity index (χ0n) is 24.3. The fourth-order valence-corrected chi connectivity index (χ4v) is 6.35. The highest BCUT2D eigenvalue weighted by atomic mass is 35.5. The van der Waals surface area contributed by atoms with E-state index in [4.69, 9.17) is 14.2 Å². The maximum Gasteiger partial charge on any atom is 0.342 e. The number of esters is 2. The number of thioether (sulfide) groups is 1. The molecule has 1 amide bonds. The molecule has 1 aliphatic heterocycles. The van der Waals surface area contributed by atoms with Gasteiger partial charge in [-0.25, -0.2) is 4.79 Å². The van der Waals surface area contributed by atoms with E-state index in [-0.39, 0.29) is 29.6 Å². The first kappa shape index (κ1) is 31.9. The summed E-state index contributed by atoms with van der Waals surface area (Å²) in [5.74, 6) is -0.913. The molecule has 4 aromatic carbocycles. The number of carbonyl (C=O) groups excluding carboxylic acids is 3. The molecular weight excluding hydrogens is 588 g/mol. The van der Waals surface area contributed by atoms with Crippen LogP contribution in [-0.2, 0) is 14.3 Å². The highest BCUT2D eigenvalue weighted by Gasteiger charge is 2.42. The monoisotopic (exact) mass is 620 g/mol. The van der Waals surface area contributed by atoms with E-state index in [0.717, 1.165) is 26.9 Å². The molecule has 0 radical (unpaired) electrons. The van der Waals surface area contributed by atoms with Crippen molar-refractivity contribution >= 4 is 58.5 Å². The summed E-state index contributed by atoms with van der Waals surface area (Å²) in [5, 5.41) is 1.47. The fourth-order valence-electron chi connectivity index (χ4n) is 4.90. The number of hydrogen-bond acceptors (Lipinski definition) is 8. The summed E-state index contributed by atoms with van der Waals surface area (Å²) in [6.07, 6.45) is -1.19. The molecule has 4 aromatic rings. The topological polar surface area (TPSA) is 85.4 Å². The second-order valence-electron chi connectivity index (χ2n) is 10.2. The number of anilines is 1. The van der Waals surface area contributed by atoms with Crippen LogP contribution in [-0.4, -0.2) is 63.1 Å². The number of para-hydroxylation sites is 1. The molecule has 43 heavy (non-hydrogen) atoms. The van der Waals surface area contributed by atoms with Crippen molar-refractivity contribution in [1.82, 2.24) is 4.90 Å². The van der Waals surface area contributed by atoms with Gasteiger partial charge in [0.2, 0.25) is 0 Å². The lowest BCUT2D eigenvalue weighted by atomic mass is 10.0. The van der Waals surface area contributed by atoms with Gasteiger partial charge in [0.15, 0.2) is 6.10 Å². The largest absolute Gasteiger partial charge is 0.497 e. The van der Waals surface area contributed by atoms with Crippen LogP contribution in [0, 0.1) is 0 Å². The molecule has 8 nitrogen and oxygen atoms in total. The highest BCUT2D eigenvalue weighted by molar-refractivity contribution is 8.00. The van der Waals surface area contributed by atoms with Crippen molar-refractivity contribution in [2.24, 2.45) is 0 Å². The lowest BCUT2D eigenvalue weighted by Crippen LogP contribution is -2.45. The number of methoxy groups -OCH3 is 1. The molecule has 0 unspecified atom stereocenters. The first-order valence-corrected chi connectivity index (χ1v) is 14.4. The standard InChI is InChI=1S/C33H32N2O6S.ClH/c1-21(36)40-28-12-8-7-11-26(28)33(38)41-29-30(23-13-16-24(39-4)17-14-23)42-31-25-10-6-5-9-22(25)15-18-27(31)35(32(29)37)20-19-34(2)3;/h5-18,29-30H,19-20H2,1-4H3;1H/t29-,30+;/m1./s1. The Balaban J connectivity index is 0.00000423.